The van der Waals surface area contributed by atoms with Crippen LogP contribution in [0.2, 0.25) is 0 Å². The minimum Gasteiger partial charge on any atom is -0.497 e. The Kier molecular flexibility index (Phi) is 7.75. The summed E-state index contributed by atoms with van der Waals surface area (Å²) in [6.07, 6.45) is 0.748. The van der Waals surface area contributed by atoms with Crippen molar-refractivity contribution in [3.05, 3.63) is 82.8 Å². The van der Waals surface area contributed by atoms with Crippen molar-refractivity contribution in [1.82, 2.24) is 14.9 Å². The Morgan fingerprint density at radius 1 is 0.912 bits per heavy atom. The molecule has 0 radical (unpaired) electrons. The second-order valence-corrected chi connectivity index (χ2v) is 8.53. The Morgan fingerprint density at radius 3 is 2.29 bits per heavy atom. The molecule has 0 aliphatic carbocycles. The molecule has 0 bridgehead atoms. The highest BCUT2D eigenvalue weighted by molar-refractivity contribution is 5.77. The van der Waals surface area contributed by atoms with E-state index >= 15 is 0 Å². The van der Waals surface area contributed by atoms with Gasteiger partial charge < -0.3 is 19.3 Å². The minimum atomic E-state index is 0.0316. The largest absolute Gasteiger partial charge is 0.497 e. The number of carbonyl (C=O) groups excluding carboxylic acids is 1. The van der Waals surface area contributed by atoms with Crippen LogP contribution in [0.25, 0.3) is 0 Å². The van der Waals surface area contributed by atoms with Gasteiger partial charge in [-0.1, -0.05) is 42.5 Å². The maximum atomic E-state index is 12.6. The van der Waals surface area contributed by atoms with Crippen LogP contribution in [-0.2, 0) is 22.6 Å². The molecule has 0 spiro atoms. The zero-order valence-electron chi connectivity index (χ0n) is 20.2. The number of piperazine rings is 1. The van der Waals surface area contributed by atoms with Crippen molar-refractivity contribution in [1.29, 1.82) is 0 Å². The van der Waals surface area contributed by atoms with Gasteiger partial charge in [0.2, 0.25) is 5.91 Å². The highest BCUT2D eigenvalue weighted by atomic mass is 16.5. The summed E-state index contributed by atoms with van der Waals surface area (Å²) in [6.45, 7) is 7.28. The van der Waals surface area contributed by atoms with Gasteiger partial charge >= 0.3 is 0 Å². The molecule has 2 heterocycles. The van der Waals surface area contributed by atoms with E-state index in [9.17, 15) is 4.79 Å². The molecule has 178 valence electrons. The maximum absolute atomic E-state index is 12.6. The van der Waals surface area contributed by atoms with Crippen molar-refractivity contribution in [3.63, 3.8) is 0 Å². The average molecular weight is 461 g/mol. The molecule has 7 heteroatoms. The van der Waals surface area contributed by atoms with Crippen LogP contribution in [0, 0.1) is 13.8 Å². The molecule has 0 atom stereocenters. The SMILES string of the molecule is COc1ccc(Cc2c(C)nc(C)nc2N2CCN(C(=O)COCc3ccccc3)CC2)cc1. The Balaban J connectivity index is 1.38. The van der Waals surface area contributed by atoms with Gasteiger partial charge in [0.05, 0.1) is 13.7 Å². The van der Waals surface area contributed by atoms with E-state index in [0.29, 0.717) is 19.7 Å². The molecule has 4 rings (SSSR count). The van der Waals surface area contributed by atoms with Gasteiger partial charge in [-0.05, 0) is 37.1 Å². The van der Waals surface area contributed by atoms with Crippen LogP contribution >= 0.6 is 0 Å². The van der Waals surface area contributed by atoms with Gasteiger partial charge in [-0.25, -0.2) is 9.97 Å². The summed E-state index contributed by atoms with van der Waals surface area (Å²) in [5.41, 5.74) is 4.37. The lowest BCUT2D eigenvalue weighted by molar-refractivity contribution is -0.136. The van der Waals surface area contributed by atoms with E-state index in [-0.39, 0.29) is 12.5 Å². The van der Waals surface area contributed by atoms with Crippen molar-refractivity contribution in [2.24, 2.45) is 0 Å². The van der Waals surface area contributed by atoms with Gasteiger partial charge in [-0.3, -0.25) is 4.79 Å². The molecule has 1 saturated heterocycles. The highest BCUT2D eigenvalue weighted by Crippen LogP contribution is 2.26. The number of methoxy groups -OCH3 is 1. The van der Waals surface area contributed by atoms with Gasteiger partial charge in [-0.15, -0.1) is 0 Å². The second-order valence-electron chi connectivity index (χ2n) is 8.53. The van der Waals surface area contributed by atoms with E-state index in [1.165, 1.54) is 5.56 Å². The molecule has 1 amide bonds. The summed E-state index contributed by atoms with van der Waals surface area (Å²) in [7, 11) is 1.67. The summed E-state index contributed by atoms with van der Waals surface area (Å²) >= 11 is 0. The number of aromatic nitrogens is 2. The lowest BCUT2D eigenvalue weighted by Crippen LogP contribution is -2.50. The lowest BCUT2D eigenvalue weighted by atomic mass is 10.0. The van der Waals surface area contributed by atoms with Gasteiger partial charge in [0.1, 0.15) is 24.0 Å². The fourth-order valence-electron chi connectivity index (χ4n) is 4.22. The zero-order chi connectivity index (χ0) is 23.9. The van der Waals surface area contributed by atoms with Crippen molar-refractivity contribution < 1.29 is 14.3 Å². The summed E-state index contributed by atoms with van der Waals surface area (Å²) in [5, 5.41) is 0. The number of anilines is 1. The van der Waals surface area contributed by atoms with E-state index in [2.05, 4.69) is 22.0 Å². The first-order chi connectivity index (χ1) is 16.5. The summed E-state index contributed by atoms with van der Waals surface area (Å²) < 4.78 is 10.9. The highest BCUT2D eigenvalue weighted by Gasteiger charge is 2.25. The Labute approximate surface area is 201 Å². The smallest absolute Gasteiger partial charge is 0.248 e. The third-order valence-electron chi connectivity index (χ3n) is 6.11. The van der Waals surface area contributed by atoms with E-state index in [0.717, 1.165) is 53.7 Å². The van der Waals surface area contributed by atoms with Crippen molar-refractivity contribution in [2.75, 3.05) is 44.8 Å². The van der Waals surface area contributed by atoms with E-state index < -0.39 is 0 Å². The first-order valence-electron chi connectivity index (χ1n) is 11.6. The van der Waals surface area contributed by atoms with E-state index in [1.807, 2.05) is 61.2 Å². The third kappa shape index (κ3) is 5.91. The Bertz CT molecular complexity index is 1090. The molecular formula is C27H32N4O3. The number of aryl methyl sites for hydroxylation is 2. The van der Waals surface area contributed by atoms with Crippen molar-refractivity contribution in [2.45, 2.75) is 26.9 Å². The van der Waals surface area contributed by atoms with E-state index in [1.54, 1.807) is 7.11 Å². The van der Waals surface area contributed by atoms with Gasteiger partial charge in [0.15, 0.2) is 0 Å². The zero-order valence-corrected chi connectivity index (χ0v) is 20.2. The molecule has 0 saturated carbocycles. The molecule has 0 N–H and O–H groups in total. The number of rotatable bonds is 8. The molecule has 1 aliphatic rings. The number of ether oxygens (including phenoxy) is 2. The number of amides is 1. The molecule has 0 unspecified atom stereocenters. The summed E-state index contributed by atoms with van der Waals surface area (Å²) in [4.78, 5) is 26.2. The number of benzene rings is 2. The minimum absolute atomic E-state index is 0.0316. The van der Waals surface area contributed by atoms with Crippen LogP contribution < -0.4 is 9.64 Å². The molecule has 1 fully saturated rings. The number of carbonyl (C=O) groups is 1. The van der Waals surface area contributed by atoms with Gasteiger partial charge in [0.25, 0.3) is 0 Å². The van der Waals surface area contributed by atoms with Gasteiger partial charge in [-0.2, -0.15) is 0 Å². The normalized spacial score (nSPS) is 13.7. The number of hydrogen-bond donors (Lipinski definition) is 0. The van der Waals surface area contributed by atoms with Gasteiger partial charge in [0, 0.05) is 43.9 Å². The quantitative estimate of drug-likeness (QED) is 0.512. The fourth-order valence-corrected chi connectivity index (χ4v) is 4.22. The van der Waals surface area contributed by atoms with Crippen molar-refractivity contribution in [3.8, 4) is 5.75 Å². The van der Waals surface area contributed by atoms with Crippen molar-refractivity contribution >= 4 is 11.7 Å². The predicted octanol–water partition coefficient (Wildman–Crippen LogP) is 3.56. The maximum Gasteiger partial charge on any atom is 0.248 e. The van der Waals surface area contributed by atoms with Crippen LogP contribution in [0.15, 0.2) is 54.6 Å². The summed E-state index contributed by atoms with van der Waals surface area (Å²) in [5.74, 6) is 2.60. The number of hydrogen-bond acceptors (Lipinski definition) is 6. The first-order valence-corrected chi connectivity index (χ1v) is 11.6. The van der Waals surface area contributed by atoms with Crippen LogP contribution in [0.5, 0.6) is 5.75 Å². The fraction of sp³-hybridized carbons (Fsp3) is 0.370. The predicted molar refractivity (Wildman–Crippen MR) is 132 cm³/mol. The van der Waals surface area contributed by atoms with Crippen LogP contribution in [0.1, 0.15) is 28.2 Å². The van der Waals surface area contributed by atoms with Crippen LogP contribution in [-0.4, -0.2) is 60.7 Å². The number of nitrogens with zero attached hydrogens (tertiary/aromatic N) is 4. The molecule has 1 aliphatic heterocycles. The monoisotopic (exact) mass is 460 g/mol. The molecule has 1 aromatic heterocycles. The second kappa shape index (κ2) is 11.1. The van der Waals surface area contributed by atoms with Crippen LogP contribution in [0.4, 0.5) is 5.82 Å². The molecule has 2 aromatic carbocycles. The molecule has 34 heavy (non-hydrogen) atoms. The van der Waals surface area contributed by atoms with E-state index in [4.69, 9.17) is 14.5 Å². The lowest BCUT2D eigenvalue weighted by Gasteiger charge is -2.36. The Morgan fingerprint density at radius 2 is 1.62 bits per heavy atom. The Hall–Kier alpha value is -3.45. The third-order valence-corrected chi connectivity index (χ3v) is 6.11. The molecular weight excluding hydrogens is 428 g/mol. The standard InChI is InChI=1S/C27H32N4O3/c1-20-25(17-22-9-11-24(33-3)12-10-22)27(29-21(2)28-20)31-15-13-30(14-16-31)26(32)19-34-18-23-7-5-4-6-8-23/h4-12H,13-19H2,1-3H3. The molecule has 7 nitrogen and oxygen atoms in total. The molecule has 3 aromatic rings. The summed E-state index contributed by atoms with van der Waals surface area (Å²) in [6, 6.07) is 18.0. The topological polar surface area (TPSA) is 67.8 Å². The average Bonchev–Trinajstić information content (AvgIpc) is 2.86. The first kappa shape index (κ1) is 23.7. The van der Waals surface area contributed by atoms with Crippen LogP contribution in [0.3, 0.4) is 0 Å².